The molecule has 0 spiro atoms. The van der Waals surface area contributed by atoms with E-state index in [-0.39, 0.29) is 0 Å². The lowest BCUT2D eigenvalue weighted by Gasteiger charge is -2.16. The van der Waals surface area contributed by atoms with Gasteiger partial charge < -0.3 is 5.73 Å². The molecular weight excluding hydrogens is 184 g/mol. The maximum absolute atomic E-state index is 5.99. The summed E-state index contributed by atoms with van der Waals surface area (Å²) >= 11 is 0. The molecule has 15 heavy (non-hydrogen) atoms. The maximum Gasteiger partial charge on any atom is 0.0356 e. The Morgan fingerprint density at radius 2 is 2.07 bits per heavy atom. The predicted octanol–water partition coefficient (Wildman–Crippen LogP) is 2.45. The fourth-order valence-corrected chi connectivity index (χ4v) is 1.81. The summed E-state index contributed by atoms with van der Waals surface area (Å²) in [6.07, 6.45) is 9.61. The van der Waals surface area contributed by atoms with Gasteiger partial charge in [-0.15, -0.1) is 0 Å². The molecular formula is C13H22N2. The van der Waals surface area contributed by atoms with E-state index < -0.39 is 0 Å². The van der Waals surface area contributed by atoms with E-state index in [0.29, 0.717) is 0 Å². The van der Waals surface area contributed by atoms with Crippen LogP contribution >= 0.6 is 0 Å². The SMILES string of the molecule is C=C/C(CN1CCCC1)=C(N)\C=C/CC. The first-order valence-electron chi connectivity index (χ1n) is 5.78. The second kappa shape index (κ2) is 6.46. The molecule has 0 aromatic carbocycles. The molecule has 1 saturated heterocycles. The Morgan fingerprint density at radius 3 is 2.60 bits per heavy atom. The molecule has 1 rings (SSSR count). The molecule has 0 aliphatic carbocycles. The van der Waals surface area contributed by atoms with Crippen LogP contribution in [0.1, 0.15) is 26.2 Å². The summed E-state index contributed by atoms with van der Waals surface area (Å²) < 4.78 is 0. The lowest BCUT2D eigenvalue weighted by atomic mass is 10.1. The molecule has 0 atom stereocenters. The zero-order valence-electron chi connectivity index (χ0n) is 9.71. The molecule has 1 fully saturated rings. The molecule has 0 saturated carbocycles. The molecule has 0 unspecified atom stereocenters. The Morgan fingerprint density at radius 1 is 1.40 bits per heavy atom. The minimum atomic E-state index is 0.860. The average Bonchev–Trinajstić information content (AvgIpc) is 2.75. The fourth-order valence-electron chi connectivity index (χ4n) is 1.81. The van der Waals surface area contributed by atoms with E-state index in [4.69, 9.17) is 5.73 Å². The Kier molecular flexibility index (Phi) is 5.19. The van der Waals surface area contributed by atoms with Crippen molar-refractivity contribution in [1.82, 2.24) is 4.90 Å². The first-order chi connectivity index (χ1) is 7.27. The van der Waals surface area contributed by atoms with Crippen LogP contribution in [0, 0.1) is 0 Å². The smallest absolute Gasteiger partial charge is 0.0356 e. The van der Waals surface area contributed by atoms with Crippen molar-refractivity contribution in [3.8, 4) is 0 Å². The van der Waals surface area contributed by atoms with E-state index in [1.54, 1.807) is 0 Å². The quantitative estimate of drug-likeness (QED) is 0.700. The highest BCUT2D eigenvalue weighted by atomic mass is 15.1. The molecule has 0 aromatic rings. The molecule has 2 nitrogen and oxygen atoms in total. The van der Waals surface area contributed by atoms with Crippen LogP contribution in [0.15, 0.2) is 36.1 Å². The molecule has 0 amide bonds. The Balaban J connectivity index is 2.59. The zero-order valence-corrected chi connectivity index (χ0v) is 9.71. The standard InChI is InChI=1S/C13H22N2/c1-3-5-8-13(14)12(4-2)11-15-9-6-7-10-15/h4-5,8H,2-3,6-7,9-11,14H2,1H3/b8-5-,13-12-. The summed E-state index contributed by atoms with van der Waals surface area (Å²) in [5.74, 6) is 0. The third kappa shape index (κ3) is 3.92. The number of nitrogens with zero attached hydrogens (tertiary/aromatic N) is 1. The molecule has 1 heterocycles. The van der Waals surface area contributed by atoms with E-state index in [1.165, 1.54) is 25.9 Å². The van der Waals surface area contributed by atoms with Gasteiger partial charge >= 0.3 is 0 Å². The summed E-state index contributed by atoms with van der Waals surface area (Å²) in [6, 6.07) is 0. The van der Waals surface area contributed by atoms with Gasteiger partial charge in [0, 0.05) is 12.2 Å². The number of likely N-dealkylation sites (tertiary alicyclic amines) is 1. The summed E-state index contributed by atoms with van der Waals surface area (Å²) in [4.78, 5) is 2.43. The fraction of sp³-hybridized carbons (Fsp3) is 0.538. The minimum Gasteiger partial charge on any atom is -0.398 e. The van der Waals surface area contributed by atoms with Crippen LogP contribution < -0.4 is 5.73 Å². The molecule has 0 aromatic heterocycles. The van der Waals surface area contributed by atoms with E-state index in [0.717, 1.165) is 24.2 Å². The van der Waals surface area contributed by atoms with Crippen molar-refractivity contribution in [3.63, 3.8) is 0 Å². The molecule has 2 heteroatoms. The molecule has 84 valence electrons. The van der Waals surface area contributed by atoms with Gasteiger partial charge in [-0.3, -0.25) is 4.90 Å². The van der Waals surface area contributed by atoms with E-state index in [2.05, 4.69) is 24.5 Å². The van der Waals surface area contributed by atoms with Gasteiger partial charge in [0.2, 0.25) is 0 Å². The van der Waals surface area contributed by atoms with Crippen LogP contribution in [0.3, 0.4) is 0 Å². The number of allylic oxidation sites excluding steroid dienone is 2. The first kappa shape index (κ1) is 12.1. The Bertz CT molecular complexity index is 258. The van der Waals surface area contributed by atoms with Gasteiger partial charge in [0.1, 0.15) is 0 Å². The van der Waals surface area contributed by atoms with Crippen LogP contribution in [0.4, 0.5) is 0 Å². The van der Waals surface area contributed by atoms with Crippen LogP contribution in [0.25, 0.3) is 0 Å². The highest BCUT2D eigenvalue weighted by Gasteiger charge is 2.12. The third-order valence-electron chi connectivity index (χ3n) is 2.74. The molecule has 1 aliphatic rings. The number of hydrogen-bond donors (Lipinski definition) is 1. The second-order valence-corrected chi connectivity index (χ2v) is 3.98. The topological polar surface area (TPSA) is 29.3 Å². The summed E-state index contributed by atoms with van der Waals surface area (Å²) in [5, 5.41) is 0. The predicted molar refractivity (Wildman–Crippen MR) is 66.5 cm³/mol. The van der Waals surface area contributed by atoms with Crippen LogP contribution in [-0.2, 0) is 0 Å². The van der Waals surface area contributed by atoms with Gasteiger partial charge in [-0.25, -0.2) is 0 Å². The van der Waals surface area contributed by atoms with Crippen molar-refractivity contribution in [2.45, 2.75) is 26.2 Å². The van der Waals surface area contributed by atoms with Crippen molar-refractivity contribution >= 4 is 0 Å². The van der Waals surface area contributed by atoms with Gasteiger partial charge in [0.15, 0.2) is 0 Å². The van der Waals surface area contributed by atoms with Gasteiger partial charge in [-0.1, -0.05) is 25.7 Å². The van der Waals surface area contributed by atoms with Crippen molar-refractivity contribution in [1.29, 1.82) is 0 Å². The van der Waals surface area contributed by atoms with Crippen molar-refractivity contribution in [2.75, 3.05) is 19.6 Å². The summed E-state index contributed by atoms with van der Waals surface area (Å²) in [7, 11) is 0. The highest BCUT2D eigenvalue weighted by molar-refractivity contribution is 5.31. The Hall–Kier alpha value is -1.02. The van der Waals surface area contributed by atoms with Gasteiger partial charge in [0.25, 0.3) is 0 Å². The molecule has 1 aliphatic heterocycles. The summed E-state index contributed by atoms with van der Waals surface area (Å²) in [6.45, 7) is 9.28. The van der Waals surface area contributed by atoms with Gasteiger partial charge in [-0.05, 0) is 44.0 Å². The van der Waals surface area contributed by atoms with Crippen LogP contribution in [0.2, 0.25) is 0 Å². The average molecular weight is 206 g/mol. The van der Waals surface area contributed by atoms with E-state index in [1.807, 2.05) is 12.2 Å². The highest BCUT2D eigenvalue weighted by Crippen LogP contribution is 2.12. The largest absolute Gasteiger partial charge is 0.398 e. The molecule has 2 N–H and O–H groups in total. The van der Waals surface area contributed by atoms with E-state index in [9.17, 15) is 0 Å². The normalized spacial score (nSPS) is 19.5. The second-order valence-electron chi connectivity index (χ2n) is 3.98. The minimum absolute atomic E-state index is 0.860. The number of hydrogen-bond acceptors (Lipinski definition) is 2. The lowest BCUT2D eigenvalue weighted by Crippen LogP contribution is -2.22. The third-order valence-corrected chi connectivity index (χ3v) is 2.74. The van der Waals surface area contributed by atoms with Crippen molar-refractivity contribution in [2.24, 2.45) is 5.73 Å². The number of nitrogens with two attached hydrogens (primary N) is 1. The number of rotatable bonds is 5. The Labute approximate surface area is 93.1 Å². The van der Waals surface area contributed by atoms with Crippen LogP contribution in [-0.4, -0.2) is 24.5 Å². The maximum atomic E-state index is 5.99. The van der Waals surface area contributed by atoms with Crippen molar-refractivity contribution < 1.29 is 0 Å². The molecule has 0 radical (unpaired) electrons. The molecule has 0 bridgehead atoms. The van der Waals surface area contributed by atoms with Crippen LogP contribution in [0.5, 0.6) is 0 Å². The van der Waals surface area contributed by atoms with E-state index >= 15 is 0 Å². The summed E-state index contributed by atoms with van der Waals surface area (Å²) in [5.41, 5.74) is 8.00. The first-order valence-corrected chi connectivity index (χ1v) is 5.78. The van der Waals surface area contributed by atoms with Crippen molar-refractivity contribution in [3.05, 3.63) is 36.1 Å². The zero-order chi connectivity index (χ0) is 11.1. The van der Waals surface area contributed by atoms with Gasteiger partial charge in [-0.2, -0.15) is 0 Å². The lowest BCUT2D eigenvalue weighted by molar-refractivity contribution is 0.370. The van der Waals surface area contributed by atoms with Gasteiger partial charge in [0.05, 0.1) is 0 Å². The monoisotopic (exact) mass is 206 g/mol.